The number of nitrogens with zero attached hydrogens (tertiary/aromatic N) is 1. The maximum Gasteiger partial charge on any atom is 0.295 e. The maximum absolute atomic E-state index is 13.0. The van der Waals surface area contributed by atoms with Crippen LogP contribution in [0.15, 0.2) is 84.4 Å². The summed E-state index contributed by atoms with van der Waals surface area (Å²) in [5.74, 6) is -1.58. The Morgan fingerprint density at radius 1 is 0.903 bits per heavy atom. The van der Waals surface area contributed by atoms with Crippen molar-refractivity contribution in [2.45, 2.75) is 12.5 Å². The number of halogens is 1. The molecule has 1 atom stereocenters. The Bertz CT molecular complexity index is 1140. The van der Waals surface area contributed by atoms with Crippen molar-refractivity contribution in [2.75, 3.05) is 6.54 Å². The molecule has 0 radical (unpaired) electrons. The summed E-state index contributed by atoms with van der Waals surface area (Å²) in [6.07, 6.45) is 0.559. The lowest BCUT2D eigenvalue weighted by atomic mass is 9.95. The van der Waals surface area contributed by atoms with Gasteiger partial charge in [-0.1, -0.05) is 54.1 Å². The first-order chi connectivity index (χ1) is 15.0. The SMILES string of the molecule is O=C1C(=O)N(CCc2ccccc2)C(c2ccc(O)cc2)C1=C(O)c1ccc(Cl)cc1. The van der Waals surface area contributed by atoms with E-state index in [0.29, 0.717) is 29.1 Å². The van der Waals surface area contributed by atoms with Crippen LogP contribution in [0.2, 0.25) is 5.02 Å². The molecule has 4 rings (SSSR count). The van der Waals surface area contributed by atoms with Gasteiger partial charge < -0.3 is 15.1 Å². The van der Waals surface area contributed by atoms with Crippen molar-refractivity contribution in [3.63, 3.8) is 0 Å². The maximum atomic E-state index is 13.0. The highest BCUT2D eigenvalue weighted by molar-refractivity contribution is 6.46. The molecule has 2 N–H and O–H groups in total. The van der Waals surface area contributed by atoms with Crippen LogP contribution in [0.25, 0.3) is 5.76 Å². The van der Waals surface area contributed by atoms with E-state index in [-0.39, 0.29) is 17.1 Å². The zero-order valence-electron chi connectivity index (χ0n) is 16.5. The molecule has 1 saturated heterocycles. The first-order valence-corrected chi connectivity index (χ1v) is 10.2. The predicted molar refractivity (Wildman–Crippen MR) is 119 cm³/mol. The van der Waals surface area contributed by atoms with E-state index in [2.05, 4.69) is 0 Å². The van der Waals surface area contributed by atoms with Crippen LogP contribution < -0.4 is 0 Å². The molecule has 3 aromatic rings. The van der Waals surface area contributed by atoms with E-state index in [4.69, 9.17) is 11.6 Å². The topological polar surface area (TPSA) is 77.8 Å². The van der Waals surface area contributed by atoms with E-state index in [9.17, 15) is 19.8 Å². The summed E-state index contributed by atoms with van der Waals surface area (Å²) in [6, 6.07) is 21.6. The van der Waals surface area contributed by atoms with Gasteiger partial charge in [-0.15, -0.1) is 0 Å². The highest BCUT2D eigenvalue weighted by atomic mass is 35.5. The van der Waals surface area contributed by atoms with E-state index in [1.54, 1.807) is 36.4 Å². The van der Waals surface area contributed by atoms with Crippen LogP contribution >= 0.6 is 11.6 Å². The number of hydrogen-bond donors (Lipinski definition) is 2. The average molecular weight is 434 g/mol. The van der Waals surface area contributed by atoms with Gasteiger partial charge in [-0.25, -0.2) is 0 Å². The second-order valence-electron chi connectivity index (χ2n) is 7.33. The zero-order valence-corrected chi connectivity index (χ0v) is 17.3. The van der Waals surface area contributed by atoms with Crippen LogP contribution in [-0.4, -0.2) is 33.3 Å². The molecule has 1 aliphatic heterocycles. The molecule has 1 unspecified atom stereocenters. The fraction of sp³-hybridized carbons (Fsp3) is 0.120. The molecule has 31 heavy (non-hydrogen) atoms. The molecule has 1 fully saturated rings. The van der Waals surface area contributed by atoms with Crippen LogP contribution in [-0.2, 0) is 16.0 Å². The molecular formula is C25H20ClNO4. The Kier molecular flexibility index (Phi) is 5.78. The Morgan fingerprint density at radius 2 is 1.55 bits per heavy atom. The minimum Gasteiger partial charge on any atom is -0.508 e. The van der Waals surface area contributed by atoms with E-state index in [1.165, 1.54) is 17.0 Å². The highest BCUT2D eigenvalue weighted by Gasteiger charge is 2.45. The molecule has 0 bridgehead atoms. The number of rotatable bonds is 5. The number of phenols is 1. The molecular weight excluding hydrogens is 414 g/mol. The van der Waals surface area contributed by atoms with Gasteiger partial charge in [0.05, 0.1) is 11.6 Å². The summed E-state index contributed by atoms with van der Waals surface area (Å²) >= 11 is 5.94. The molecule has 5 nitrogen and oxygen atoms in total. The van der Waals surface area contributed by atoms with Gasteiger partial charge in [-0.2, -0.15) is 0 Å². The van der Waals surface area contributed by atoms with Gasteiger partial charge in [0.1, 0.15) is 11.5 Å². The van der Waals surface area contributed by atoms with E-state index < -0.39 is 17.7 Å². The molecule has 6 heteroatoms. The lowest BCUT2D eigenvalue weighted by Gasteiger charge is -2.25. The fourth-order valence-corrected chi connectivity index (χ4v) is 3.90. The van der Waals surface area contributed by atoms with Gasteiger partial charge in [-0.05, 0) is 53.9 Å². The van der Waals surface area contributed by atoms with E-state index in [0.717, 1.165) is 5.56 Å². The quantitative estimate of drug-likeness (QED) is 0.347. The molecule has 0 aliphatic carbocycles. The first kappa shape index (κ1) is 20.7. The number of carbonyl (C=O) groups is 2. The van der Waals surface area contributed by atoms with Gasteiger partial charge in [0.25, 0.3) is 11.7 Å². The number of aliphatic hydroxyl groups excluding tert-OH is 1. The fourth-order valence-electron chi connectivity index (χ4n) is 3.77. The number of phenolic OH excluding ortho intramolecular Hbond substituents is 1. The van der Waals surface area contributed by atoms with Gasteiger partial charge in [0, 0.05) is 17.1 Å². The minimum absolute atomic E-state index is 0.0195. The summed E-state index contributed by atoms with van der Waals surface area (Å²) in [7, 11) is 0. The van der Waals surface area contributed by atoms with Crippen molar-refractivity contribution in [2.24, 2.45) is 0 Å². The van der Waals surface area contributed by atoms with Crippen LogP contribution in [0.4, 0.5) is 0 Å². The lowest BCUT2D eigenvalue weighted by molar-refractivity contribution is -0.139. The van der Waals surface area contributed by atoms with Crippen molar-refractivity contribution in [1.82, 2.24) is 4.90 Å². The van der Waals surface area contributed by atoms with Crippen molar-refractivity contribution in [3.8, 4) is 5.75 Å². The Balaban J connectivity index is 1.78. The number of carbonyl (C=O) groups excluding carboxylic acids is 2. The Hall–Kier alpha value is -3.57. The number of hydrogen-bond acceptors (Lipinski definition) is 4. The molecule has 1 aliphatic rings. The summed E-state index contributed by atoms with van der Waals surface area (Å²) in [5.41, 5.74) is 2.08. The molecule has 1 heterocycles. The normalized spacial score (nSPS) is 17.8. The summed E-state index contributed by atoms with van der Waals surface area (Å²) in [6.45, 7) is 0.303. The standard InChI is InChI=1S/C25H20ClNO4/c26-19-10-6-18(7-11-19)23(29)21-22(17-8-12-20(28)13-9-17)27(25(31)24(21)30)15-14-16-4-2-1-3-5-16/h1-13,22,28-29H,14-15H2. The predicted octanol–water partition coefficient (Wildman–Crippen LogP) is 4.71. The smallest absolute Gasteiger partial charge is 0.295 e. The van der Waals surface area contributed by atoms with Crippen LogP contribution in [0, 0.1) is 0 Å². The van der Waals surface area contributed by atoms with Gasteiger partial charge in [-0.3, -0.25) is 9.59 Å². The van der Waals surface area contributed by atoms with Crippen LogP contribution in [0.5, 0.6) is 5.75 Å². The highest BCUT2D eigenvalue weighted by Crippen LogP contribution is 2.39. The first-order valence-electron chi connectivity index (χ1n) is 9.83. The second-order valence-corrected chi connectivity index (χ2v) is 7.76. The van der Waals surface area contributed by atoms with Crippen LogP contribution in [0.1, 0.15) is 22.7 Å². The van der Waals surface area contributed by atoms with Crippen molar-refractivity contribution in [3.05, 3.63) is 106 Å². The zero-order chi connectivity index (χ0) is 22.0. The number of Topliss-reactive ketones (excluding diaryl/α,β-unsaturated/α-hetero) is 1. The number of benzene rings is 3. The van der Waals surface area contributed by atoms with E-state index in [1.807, 2.05) is 30.3 Å². The molecule has 156 valence electrons. The second kappa shape index (κ2) is 8.66. The largest absolute Gasteiger partial charge is 0.508 e. The summed E-state index contributed by atoms with van der Waals surface area (Å²) in [4.78, 5) is 27.4. The number of amides is 1. The lowest BCUT2D eigenvalue weighted by Crippen LogP contribution is -2.31. The molecule has 1 amide bonds. The molecule has 0 aromatic heterocycles. The minimum atomic E-state index is -0.764. The number of likely N-dealkylation sites (tertiary alicyclic amines) is 1. The summed E-state index contributed by atoms with van der Waals surface area (Å²) < 4.78 is 0. The molecule has 3 aromatic carbocycles. The Labute approximate surface area is 184 Å². The number of aromatic hydroxyl groups is 1. The van der Waals surface area contributed by atoms with Gasteiger partial charge in [0.2, 0.25) is 0 Å². The third kappa shape index (κ3) is 4.18. The molecule has 0 spiro atoms. The number of aliphatic hydroxyl groups is 1. The van der Waals surface area contributed by atoms with Crippen molar-refractivity contribution in [1.29, 1.82) is 0 Å². The van der Waals surface area contributed by atoms with E-state index >= 15 is 0 Å². The monoisotopic (exact) mass is 433 g/mol. The van der Waals surface area contributed by atoms with Crippen LogP contribution in [0.3, 0.4) is 0 Å². The Morgan fingerprint density at radius 3 is 2.19 bits per heavy atom. The van der Waals surface area contributed by atoms with Crippen molar-refractivity contribution < 1.29 is 19.8 Å². The molecule has 0 saturated carbocycles. The average Bonchev–Trinajstić information content (AvgIpc) is 3.04. The van der Waals surface area contributed by atoms with Gasteiger partial charge in [0.15, 0.2) is 0 Å². The van der Waals surface area contributed by atoms with Crippen molar-refractivity contribution >= 4 is 29.1 Å². The third-order valence-electron chi connectivity index (χ3n) is 5.35. The summed E-state index contributed by atoms with van der Waals surface area (Å²) in [5, 5.41) is 21.2. The number of ketones is 1. The van der Waals surface area contributed by atoms with Gasteiger partial charge >= 0.3 is 0 Å². The third-order valence-corrected chi connectivity index (χ3v) is 5.60.